The highest BCUT2D eigenvalue weighted by Gasteiger charge is 2.44. The highest BCUT2D eigenvalue weighted by molar-refractivity contribution is 14.1. The quantitative estimate of drug-likeness (QED) is 0.598. The zero-order valence-corrected chi connectivity index (χ0v) is 9.97. The predicted molar refractivity (Wildman–Crippen MR) is 59.0 cm³/mol. The standard InChI is InChI=1S/C10H9F3IN/c11-10(12,13)7-1-2-8(15-5-7)9(6-14)3-4-9/h1-2,5H,3-4,6H2. The second-order valence-corrected chi connectivity index (χ2v) is 4.61. The van der Waals surface area contributed by atoms with Crippen molar-refractivity contribution in [3.8, 4) is 0 Å². The Labute approximate surface area is 99.2 Å². The zero-order valence-electron chi connectivity index (χ0n) is 7.81. The van der Waals surface area contributed by atoms with Crippen LogP contribution in [0.25, 0.3) is 0 Å². The lowest BCUT2D eigenvalue weighted by Crippen LogP contribution is -2.12. The average molecular weight is 327 g/mol. The Morgan fingerprint density at radius 2 is 2.00 bits per heavy atom. The lowest BCUT2D eigenvalue weighted by molar-refractivity contribution is -0.137. The van der Waals surface area contributed by atoms with Crippen molar-refractivity contribution in [1.29, 1.82) is 0 Å². The Kier molecular flexibility index (Phi) is 2.68. The molecule has 0 aliphatic heterocycles. The van der Waals surface area contributed by atoms with Crippen molar-refractivity contribution in [2.24, 2.45) is 0 Å². The van der Waals surface area contributed by atoms with Gasteiger partial charge in [0, 0.05) is 21.7 Å². The highest BCUT2D eigenvalue weighted by atomic mass is 127. The predicted octanol–water partition coefficient (Wildman–Crippen LogP) is 3.57. The minimum absolute atomic E-state index is 0.0602. The Hall–Kier alpha value is -0.330. The van der Waals surface area contributed by atoms with E-state index in [-0.39, 0.29) is 5.41 Å². The summed E-state index contributed by atoms with van der Waals surface area (Å²) in [6, 6.07) is 2.63. The summed E-state index contributed by atoms with van der Waals surface area (Å²) in [5.41, 5.74) is 0.186. The van der Waals surface area contributed by atoms with Gasteiger partial charge in [-0.25, -0.2) is 0 Å². The van der Waals surface area contributed by atoms with Gasteiger partial charge in [-0.1, -0.05) is 22.6 Å². The molecule has 1 nitrogen and oxygen atoms in total. The molecule has 0 bridgehead atoms. The lowest BCUT2D eigenvalue weighted by Gasteiger charge is -2.12. The topological polar surface area (TPSA) is 12.9 Å². The first-order chi connectivity index (χ1) is 6.98. The van der Waals surface area contributed by atoms with E-state index in [0.717, 1.165) is 35.2 Å². The normalized spacial score (nSPS) is 18.9. The van der Waals surface area contributed by atoms with Gasteiger partial charge in [0.05, 0.1) is 5.56 Å². The number of rotatable bonds is 2. The molecule has 1 aliphatic carbocycles. The molecule has 0 unspecified atom stereocenters. The monoisotopic (exact) mass is 327 g/mol. The van der Waals surface area contributed by atoms with Gasteiger partial charge in [0.25, 0.3) is 0 Å². The van der Waals surface area contributed by atoms with Crippen molar-refractivity contribution in [2.75, 3.05) is 4.43 Å². The zero-order chi connectivity index (χ0) is 11.1. The molecule has 0 atom stereocenters. The smallest absolute Gasteiger partial charge is 0.260 e. The maximum absolute atomic E-state index is 12.3. The van der Waals surface area contributed by atoms with E-state index >= 15 is 0 Å². The number of alkyl halides is 4. The van der Waals surface area contributed by atoms with Crippen LogP contribution in [0.5, 0.6) is 0 Å². The first-order valence-electron chi connectivity index (χ1n) is 4.58. The molecule has 1 aromatic rings. The second kappa shape index (κ2) is 3.61. The molecule has 1 aliphatic rings. The van der Waals surface area contributed by atoms with Gasteiger partial charge in [0.15, 0.2) is 0 Å². The molecule has 1 heterocycles. The van der Waals surface area contributed by atoms with Crippen molar-refractivity contribution in [3.05, 3.63) is 29.6 Å². The van der Waals surface area contributed by atoms with Crippen LogP contribution in [0.4, 0.5) is 13.2 Å². The Morgan fingerprint density at radius 3 is 2.33 bits per heavy atom. The van der Waals surface area contributed by atoms with Gasteiger partial charge < -0.3 is 0 Å². The third-order valence-electron chi connectivity index (χ3n) is 2.74. The lowest BCUT2D eigenvalue weighted by atomic mass is 10.0. The molecule has 0 saturated heterocycles. The highest BCUT2D eigenvalue weighted by Crippen LogP contribution is 2.48. The van der Waals surface area contributed by atoms with Crippen LogP contribution in [0, 0.1) is 0 Å². The van der Waals surface area contributed by atoms with E-state index in [2.05, 4.69) is 27.6 Å². The summed E-state index contributed by atoms with van der Waals surface area (Å²) in [6.45, 7) is 0. The van der Waals surface area contributed by atoms with Gasteiger partial charge in [-0.2, -0.15) is 13.2 Å². The molecule has 1 saturated carbocycles. The summed E-state index contributed by atoms with van der Waals surface area (Å²) in [6.07, 6.45) is -1.28. The molecule has 0 N–H and O–H groups in total. The van der Waals surface area contributed by atoms with Crippen LogP contribution in [-0.2, 0) is 11.6 Å². The van der Waals surface area contributed by atoms with Crippen LogP contribution >= 0.6 is 22.6 Å². The first-order valence-corrected chi connectivity index (χ1v) is 6.10. The number of hydrogen-bond donors (Lipinski definition) is 0. The molecule has 1 fully saturated rings. The van der Waals surface area contributed by atoms with Crippen molar-refractivity contribution >= 4 is 22.6 Å². The molecular weight excluding hydrogens is 318 g/mol. The van der Waals surface area contributed by atoms with Crippen LogP contribution in [-0.4, -0.2) is 9.41 Å². The molecule has 82 valence electrons. The van der Waals surface area contributed by atoms with Crippen LogP contribution in [0.15, 0.2) is 18.3 Å². The maximum atomic E-state index is 12.3. The van der Waals surface area contributed by atoms with Crippen LogP contribution < -0.4 is 0 Å². The van der Waals surface area contributed by atoms with E-state index in [0.29, 0.717) is 0 Å². The molecule has 1 aromatic heterocycles. The van der Waals surface area contributed by atoms with E-state index in [1.54, 1.807) is 0 Å². The maximum Gasteiger partial charge on any atom is 0.417 e. The summed E-state index contributed by atoms with van der Waals surface area (Å²) >= 11 is 2.26. The van der Waals surface area contributed by atoms with Crippen molar-refractivity contribution < 1.29 is 13.2 Å². The van der Waals surface area contributed by atoms with E-state index in [1.165, 1.54) is 6.07 Å². The molecule has 5 heteroatoms. The number of nitrogens with zero attached hydrogens (tertiary/aromatic N) is 1. The van der Waals surface area contributed by atoms with E-state index in [9.17, 15) is 13.2 Å². The molecule has 0 amide bonds. The summed E-state index contributed by atoms with van der Waals surface area (Å²) in [7, 11) is 0. The fourth-order valence-electron chi connectivity index (χ4n) is 1.48. The molecule has 15 heavy (non-hydrogen) atoms. The molecule has 0 aromatic carbocycles. The SMILES string of the molecule is FC(F)(F)c1ccc(C2(CI)CC2)nc1. The van der Waals surface area contributed by atoms with Gasteiger partial charge in [0.2, 0.25) is 0 Å². The molecular formula is C10H9F3IN. The summed E-state index contributed by atoms with van der Waals surface area (Å²) in [5, 5.41) is 0. The third-order valence-corrected chi connectivity index (χ3v) is 4.20. The Bertz CT molecular complexity index is 354. The van der Waals surface area contributed by atoms with Crippen LogP contribution in [0.2, 0.25) is 0 Å². The van der Waals surface area contributed by atoms with Crippen LogP contribution in [0.3, 0.4) is 0 Å². The van der Waals surface area contributed by atoms with E-state index < -0.39 is 11.7 Å². The fraction of sp³-hybridized carbons (Fsp3) is 0.500. The van der Waals surface area contributed by atoms with Gasteiger partial charge in [-0.05, 0) is 25.0 Å². The second-order valence-electron chi connectivity index (χ2n) is 3.84. The van der Waals surface area contributed by atoms with Gasteiger partial charge in [-0.15, -0.1) is 0 Å². The third kappa shape index (κ3) is 2.11. The fourth-order valence-corrected chi connectivity index (χ4v) is 2.64. The van der Waals surface area contributed by atoms with E-state index in [4.69, 9.17) is 0 Å². The van der Waals surface area contributed by atoms with Crippen molar-refractivity contribution in [3.63, 3.8) is 0 Å². The van der Waals surface area contributed by atoms with E-state index in [1.807, 2.05) is 0 Å². The Morgan fingerprint density at radius 1 is 1.33 bits per heavy atom. The minimum Gasteiger partial charge on any atom is -0.260 e. The van der Waals surface area contributed by atoms with Gasteiger partial charge in [0.1, 0.15) is 0 Å². The number of pyridine rings is 1. The number of hydrogen-bond acceptors (Lipinski definition) is 1. The minimum atomic E-state index is -4.29. The largest absolute Gasteiger partial charge is 0.417 e. The summed E-state index contributed by atoms with van der Waals surface area (Å²) in [4.78, 5) is 3.93. The van der Waals surface area contributed by atoms with Crippen LogP contribution in [0.1, 0.15) is 24.1 Å². The average Bonchev–Trinajstić information content (AvgIpc) is 2.97. The summed E-state index contributed by atoms with van der Waals surface area (Å²) < 4.78 is 37.7. The molecule has 0 radical (unpaired) electrons. The van der Waals surface area contributed by atoms with Gasteiger partial charge in [-0.3, -0.25) is 4.98 Å². The van der Waals surface area contributed by atoms with Crippen molar-refractivity contribution in [1.82, 2.24) is 4.98 Å². The summed E-state index contributed by atoms with van der Waals surface area (Å²) in [5.74, 6) is 0. The number of halogens is 4. The van der Waals surface area contributed by atoms with Gasteiger partial charge >= 0.3 is 6.18 Å². The molecule has 0 spiro atoms. The first kappa shape index (κ1) is 11.2. The number of aromatic nitrogens is 1. The van der Waals surface area contributed by atoms with Crippen molar-refractivity contribution in [2.45, 2.75) is 24.4 Å². The Balaban J connectivity index is 2.25. The molecule has 2 rings (SSSR count).